The number of nitrogens with one attached hydrogen (secondary N) is 2. The quantitative estimate of drug-likeness (QED) is 0.834. The molecule has 3 atom stereocenters. The van der Waals surface area contributed by atoms with Crippen molar-refractivity contribution in [3.8, 4) is 0 Å². The predicted octanol–water partition coefficient (Wildman–Crippen LogP) is 1.09. The van der Waals surface area contributed by atoms with Gasteiger partial charge in [0, 0.05) is 31.5 Å². The van der Waals surface area contributed by atoms with E-state index in [0.29, 0.717) is 37.1 Å². The summed E-state index contributed by atoms with van der Waals surface area (Å²) in [5.41, 5.74) is 0.257. The van der Waals surface area contributed by atoms with Crippen LogP contribution in [0.3, 0.4) is 0 Å². The predicted molar refractivity (Wildman–Crippen MR) is 97.2 cm³/mol. The summed E-state index contributed by atoms with van der Waals surface area (Å²) in [6.07, 6.45) is 3.91. The highest BCUT2D eigenvalue weighted by molar-refractivity contribution is 5.78. The molecule has 1 amide bonds. The number of aromatic nitrogens is 4. The Balaban J connectivity index is 1.88. The molecule has 0 aromatic carbocycles. The Bertz CT molecular complexity index is 954. The van der Waals surface area contributed by atoms with Crippen molar-refractivity contribution < 1.29 is 4.79 Å². The summed E-state index contributed by atoms with van der Waals surface area (Å²) in [5.74, 6) is 1.16. The lowest BCUT2D eigenvalue weighted by Gasteiger charge is -2.28. The highest BCUT2D eigenvalue weighted by Crippen LogP contribution is 2.43. The van der Waals surface area contributed by atoms with Crippen molar-refractivity contribution in [1.29, 1.82) is 0 Å². The van der Waals surface area contributed by atoms with Crippen LogP contribution in [-0.2, 0) is 17.9 Å². The molecule has 8 heteroatoms. The topological polar surface area (TPSA) is 102 Å². The molecule has 1 aliphatic carbocycles. The van der Waals surface area contributed by atoms with Gasteiger partial charge in [0.25, 0.3) is 5.56 Å². The van der Waals surface area contributed by atoms with Crippen LogP contribution in [0.4, 0.5) is 0 Å². The number of carbonyl (C=O) groups excluding carboxylic acids is 1. The van der Waals surface area contributed by atoms with Gasteiger partial charge in [-0.3, -0.25) is 18.7 Å². The minimum absolute atomic E-state index is 0.0611. The molecule has 1 aliphatic heterocycles. The summed E-state index contributed by atoms with van der Waals surface area (Å²) in [7, 11) is 0. The molecule has 0 spiro atoms. The van der Waals surface area contributed by atoms with E-state index in [-0.39, 0.29) is 35.0 Å². The summed E-state index contributed by atoms with van der Waals surface area (Å²) < 4.78 is 2.91. The van der Waals surface area contributed by atoms with Gasteiger partial charge in [0.05, 0.1) is 0 Å². The second kappa shape index (κ2) is 6.41. The smallest absolute Gasteiger partial charge is 0.332 e. The van der Waals surface area contributed by atoms with Crippen LogP contribution in [0.15, 0.2) is 9.59 Å². The van der Waals surface area contributed by atoms with Gasteiger partial charge in [-0.05, 0) is 31.6 Å². The Hall–Kier alpha value is -2.38. The van der Waals surface area contributed by atoms with Crippen molar-refractivity contribution >= 4 is 17.1 Å². The molecule has 3 heterocycles. The van der Waals surface area contributed by atoms with E-state index in [1.54, 1.807) is 4.57 Å². The number of aromatic amines is 1. The van der Waals surface area contributed by atoms with Gasteiger partial charge < -0.3 is 10.3 Å². The first kappa shape index (κ1) is 17.1. The third-order valence-corrected chi connectivity index (χ3v) is 5.67. The number of fused-ring (bicyclic) bond motifs is 3. The normalized spacial score (nSPS) is 25.0. The third kappa shape index (κ3) is 2.50. The Morgan fingerprint density at radius 3 is 2.50 bits per heavy atom. The van der Waals surface area contributed by atoms with Crippen LogP contribution in [0.25, 0.3) is 11.2 Å². The number of rotatable bonds is 5. The summed E-state index contributed by atoms with van der Waals surface area (Å²) in [4.78, 5) is 45.3. The van der Waals surface area contributed by atoms with E-state index in [1.807, 2.05) is 13.8 Å². The Kier molecular flexibility index (Phi) is 4.20. The number of piperidine rings is 1. The van der Waals surface area contributed by atoms with E-state index in [4.69, 9.17) is 0 Å². The van der Waals surface area contributed by atoms with Crippen LogP contribution in [-0.4, -0.2) is 31.1 Å². The van der Waals surface area contributed by atoms with Crippen LogP contribution in [0.1, 0.15) is 57.7 Å². The van der Waals surface area contributed by atoms with E-state index in [2.05, 4.69) is 15.3 Å². The maximum Gasteiger partial charge on any atom is 0.332 e. The van der Waals surface area contributed by atoms with E-state index in [1.165, 1.54) is 4.57 Å². The van der Waals surface area contributed by atoms with Crippen LogP contribution < -0.4 is 16.6 Å². The molecule has 2 aromatic rings. The Morgan fingerprint density at radius 1 is 1.08 bits per heavy atom. The van der Waals surface area contributed by atoms with Crippen LogP contribution in [0, 0.1) is 5.92 Å². The van der Waals surface area contributed by atoms with E-state index < -0.39 is 0 Å². The van der Waals surface area contributed by atoms with Gasteiger partial charge in [-0.1, -0.05) is 13.8 Å². The van der Waals surface area contributed by atoms with Gasteiger partial charge in [-0.15, -0.1) is 0 Å². The van der Waals surface area contributed by atoms with E-state index in [0.717, 1.165) is 25.1 Å². The fraction of sp³-hybridized carbons (Fsp3) is 0.667. The van der Waals surface area contributed by atoms with Crippen LogP contribution >= 0.6 is 0 Å². The molecule has 2 bridgehead atoms. The minimum Gasteiger partial charge on any atom is -0.353 e. The molecule has 0 radical (unpaired) electrons. The summed E-state index contributed by atoms with van der Waals surface area (Å²) in [6.45, 7) is 4.87. The lowest BCUT2D eigenvalue weighted by atomic mass is 9.87. The van der Waals surface area contributed by atoms with E-state index >= 15 is 0 Å². The van der Waals surface area contributed by atoms with Crippen molar-refractivity contribution in [3.05, 3.63) is 26.7 Å². The average Bonchev–Trinajstić information content (AvgIpc) is 3.15. The summed E-state index contributed by atoms with van der Waals surface area (Å²) in [6, 6.07) is 0.0611. The molecule has 8 nitrogen and oxygen atoms in total. The second-order valence-electron chi connectivity index (χ2n) is 7.45. The van der Waals surface area contributed by atoms with Gasteiger partial charge in [0.1, 0.15) is 11.3 Å². The summed E-state index contributed by atoms with van der Waals surface area (Å²) in [5, 5.41) is 3.05. The highest BCUT2D eigenvalue weighted by atomic mass is 16.2. The minimum atomic E-state index is -0.301. The molecule has 3 unspecified atom stereocenters. The Morgan fingerprint density at radius 2 is 1.81 bits per heavy atom. The highest BCUT2D eigenvalue weighted by Gasteiger charge is 2.44. The summed E-state index contributed by atoms with van der Waals surface area (Å²) >= 11 is 0. The SMILES string of the molecule is CCCn1c(=O)c2[nH]c(C3C4CCC3NC(=O)C4)nc2n(CCC)c1=O. The third-order valence-electron chi connectivity index (χ3n) is 5.67. The number of amides is 1. The van der Waals surface area contributed by atoms with Crippen LogP contribution in [0.5, 0.6) is 0 Å². The van der Waals surface area contributed by atoms with Gasteiger partial charge in [-0.25, -0.2) is 9.78 Å². The lowest BCUT2D eigenvalue weighted by Crippen LogP contribution is -2.43. The first-order chi connectivity index (χ1) is 12.5. The van der Waals surface area contributed by atoms with Gasteiger partial charge >= 0.3 is 5.69 Å². The largest absolute Gasteiger partial charge is 0.353 e. The number of imidazole rings is 1. The molecule has 140 valence electrons. The van der Waals surface area contributed by atoms with Crippen molar-refractivity contribution in [1.82, 2.24) is 24.4 Å². The van der Waals surface area contributed by atoms with Gasteiger partial charge in [0.2, 0.25) is 5.91 Å². The zero-order valence-corrected chi connectivity index (χ0v) is 15.2. The first-order valence-electron chi connectivity index (χ1n) is 9.57. The average molecular weight is 359 g/mol. The molecular formula is C18H25N5O3. The van der Waals surface area contributed by atoms with Crippen molar-refractivity contribution in [2.75, 3.05) is 0 Å². The first-order valence-corrected chi connectivity index (χ1v) is 9.57. The zero-order chi connectivity index (χ0) is 18.4. The molecule has 4 rings (SSSR count). The molecular weight excluding hydrogens is 334 g/mol. The molecule has 2 fully saturated rings. The van der Waals surface area contributed by atoms with Crippen molar-refractivity contribution in [2.45, 2.75) is 71.0 Å². The van der Waals surface area contributed by atoms with Crippen LogP contribution in [0.2, 0.25) is 0 Å². The van der Waals surface area contributed by atoms with Gasteiger partial charge in [-0.2, -0.15) is 0 Å². The molecule has 2 aliphatic rings. The Labute approximate surface area is 150 Å². The molecule has 1 saturated carbocycles. The monoisotopic (exact) mass is 359 g/mol. The standard InChI is InChI=1S/C18H25N5O3/c1-3-7-22-16-14(17(25)23(8-4-2)18(22)26)20-15(21-16)13-10-5-6-11(13)19-12(24)9-10/h10-11,13H,3-9H2,1-2H3,(H,19,24)(H,20,21). The maximum absolute atomic E-state index is 12.8. The van der Waals surface area contributed by atoms with Gasteiger partial charge in [0.15, 0.2) is 5.65 Å². The van der Waals surface area contributed by atoms with Crippen molar-refractivity contribution in [3.63, 3.8) is 0 Å². The fourth-order valence-corrected chi connectivity index (χ4v) is 4.58. The molecule has 2 aromatic heterocycles. The zero-order valence-electron chi connectivity index (χ0n) is 15.2. The number of hydrogen-bond donors (Lipinski definition) is 2. The lowest BCUT2D eigenvalue weighted by molar-refractivity contribution is -0.124. The number of nitrogens with zero attached hydrogens (tertiary/aromatic N) is 3. The second-order valence-corrected chi connectivity index (χ2v) is 7.45. The molecule has 2 N–H and O–H groups in total. The number of aryl methyl sites for hydroxylation is 1. The maximum atomic E-state index is 12.8. The number of H-pyrrole nitrogens is 1. The van der Waals surface area contributed by atoms with E-state index in [9.17, 15) is 14.4 Å². The van der Waals surface area contributed by atoms with Crippen molar-refractivity contribution in [2.24, 2.45) is 5.92 Å². The molecule has 1 saturated heterocycles. The number of hydrogen-bond acceptors (Lipinski definition) is 4. The fourth-order valence-electron chi connectivity index (χ4n) is 4.58. The molecule has 26 heavy (non-hydrogen) atoms. The number of carbonyl (C=O) groups is 1.